The number of rotatable bonds is 3. The molecule has 2 aliphatic rings. The summed E-state index contributed by atoms with van der Waals surface area (Å²) < 4.78 is 30.6. The lowest BCUT2D eigenvalue weighted by molar-refractivity contribution is -0.124. The Balaban J connectivity index is 1.82. The molecule has 2 amide bonds. The van der Waals surface area contributed by atoms with E-state index in [0.717, 1.165) is 6.26 Å². The molecule has 3 heterocycles. The second-order valence-electron chi connectivity index (χ2n) is 5.97. The van der Waals surface area contributed by atoms with Crippen molar-refractivity contribution in [2.45, 2.75) is 18.5 Å². The van der Waals surface area contributed by atoms with Crippen molar-refractivity contribution in [3.8, 4) is 0 Å². The van der Waals surface area contributed by atoms with Crippen molar-refractivity contribution in [3.05, 3.63) is 24.2 Å². The SMILES string of the molecule is CNC(=O)[C@H]1C[C@@H]2CN(C(=O)c3ccco3)C[C@@H]2N1S(C)(=O)=O. The molecule has 2 fully saturated rings. The summed E-state index contributed by atoms with van der Waals surface area (Å²) in [5.41, 5.74) is 0. The molecule has 126 valence electrons. The molecule has 3 rings (SSSR count). The summed E-state index contributed by atoms with van der Waals surface area (Å²) in [6.07, 6.45) is 2.94. The van der Waals surface area contributed by atoms with Crippen molar-refractivity contribution >= 4 is 21.8 Å². The van der Waals surface area contributed by atoms with Crippen LogP contribution in [0.2, 0.25) is 0 Å². The molecule has 23 heavy (non-hydrogen) atoms. The van der Waals surface area contributed by atoms with Crippen LogP contribution >= 0.6 is 0 Å². The number of amides is 2. The lowest BCUT2D eigenvalue weighted by Gasteiger charge is -2.27. The number of hydrogen-bond acceptors (Lipinski definition) is 5. The molecule has 0 spiro atoms. The summed E-state index contributed by atoms with van der Waals surface area (Å²) in [5.74, 6) is -0.382. The summed E-state index contributed by atoms with van der Waals surface area (Å²) in [6, 6.07) is 2.14. The third-order valence-corrected chi connectivity index (χ3v) is 5.81. The van der Waals surface area contributed by atoms with Gasteiger partial charge in [0.1, 0.15) is 6.04 Å². The van der Waals surface area contributed by atoms with Gasteiger partial charge in [0.2, 0.25) is 15.9 Å². The van der Waals surface area contributed by atoms with Crippen LogP contribution in [0.3, 0.4) is 0 Å². The van der Waals surface area contributed by atoms with Crippen LogP contribution in [0, 0.1) is 5.92 Å². The Morgan fingerprint density at radius 1 is 1.35 bits per heavy atom. The van der Waals surface area contributed by atoms with Gasteiger partial charge in [0.15, 0.2) is 5.76 Å². The smallest absolute Gasteiger partial charge is 0.289 e. The van der Waals surface area contributed by atoms with Gasteiger partial charge in [-0.15, -0.1) is 0 Å². The summed E-state index contributed by atoms with van der Waals surface area (Å²) in [5, 5.41) is 2.51. The fraction of sp³-hybridized carbons (Fsp3) is 0.571. The molecule has 0 unspecified atom stereocenters. The number of nitrogens with one attached hydrogen (secondary N) is 1. The fourth-order valence-electron chi connectivity index (χ4n) is 3.58. The topological polar surface area (TPSA) is 99.9 Å². The van der Waals surface area contributed by atoms with E-state index >= 15 is 0 Å². The van der Waals surface area contributed by atoms with Crippen molar-refractivity contribution in [3.63, 3.8) is 0 Å². The number of hydrogen-bond donors (Lipinski definition) is 1. The monoisotopic (exact) mass is 341 g/mol. The Morgan fingerprint density at radius 3 is 2.65 bits per heavy atom. The molecule has 0 radical (unpaired) electrons. The minimum atomic E-state index is -3.55. The van der Waals surface area contributed by atoms with E-state index in [2.05, 4.69) is 5.32 Å². The number of carbonyl (C=O) groups is 2. The predicted octanol–water partition coefficient (Wildman–Crippen LogP) is -0.500. The van der Waals surface area contributed by atoms with E-state index in [0.29, 0.717) is 13.0 Å². The van der Waals surface area contributed by atoms with Crippen LogP contribution in [0.5, 0.6) is 0 Å². The molecule has 0 bridgehead atoms. The molecule has 8 nitrogen and oxygen atoms in total. The molecule has 0 saturated carbocycles. The van der Waals surface area contributed by atoms with E-state index in [1.54, 1.807) is 17.0 Å². The Kier molecular flexibility index (Phi) is 3.93. The van der Waals surface area contributed by atoms with Crippen LogP contribution in [0.4, 0.5) is 0 Å². The number of nitrogens with zero attached hydrogens (tertiary/aromatic N) is 2. The van der Waals surface area contributed by atoms with Gasteiger partial charge >= 0.3 is 0 Å². The molecule has 1 aromatic rings. The number of likely N-dealkylation sites (N-methyl/N-ethyl adjacent to an activating group) is 1. The highest BCUT2D eigenvalue weighted by atomic mass is 32.2. The zero-order valence-corrected chi connectivity index (χ0v) is 13.7. The fourth-order valence-corrected chi connectivity index (χ4v) is 4.96. The van der Waals surface area contributed by atoms with Crippen molar-refractivity contribution in [2.75, 3.05) is 26.4 Å². The van der Waals surface area contributed by atoms with Gasteiger partial charge in [-0.3, -0.25) is 9.59 Å². The second kappa shape index (κ2) is 5.64. The minimum Gasteiger partial charge on any atom is -0.459 e. The van der Waals surface area contributed by atoms with Crippen molar-refractivity contribution < 1.29 is 22.4 Å². The molecule has 1 aromatic heterocycles. The van der Waals surface area contributed by atoms with E-state index in [-0.39, 0.29) is 36.1 Å². The van der Waals surface area contributed by atoms with E-state index < -0.39 is 16.1 Å². The summed E-state index contributed by atoms with van der Waals surface area (Å²) in [6.45, 7) is 0.689. The van der Waals surface area contributed by atoms with Crippen LogP contribution < -0.4 is 5.32 Å². The van der Waals surface area contributed by atoms with Crippen LogP contribution in [0.1, 0.15) is 17.0 Å². The Hall–Kier alpha value is -1.87. The highest BCUT2D eigenvalue weighted by molar-refractivity contribution is 7.88. The van der Waals surface area contributed by atoms with Crippen molar-refractivity contribution in [1.29, 1.82) is 0 Å². The molecule has 2 aliphatic heterocycles. The first-order valence-electron chi connectivity index (χ1n) is 7.36. The summed E-state index contributed by atoms with van der Waals surface area (Å²) >= 11 is 0. The number of sulfonamides is 1. The first kappa shape index (κ1) is 16.0. The Morgan fingerprint density at radius 2 is 2.09 bits per heavy atom. The number of carbonyl (C=O) groups excluding carboxylic acids is 2. The van der Waals surface area contributed by atoms with Gasteiger partial charge in [0, 0.05) is 26.2 Å². The van der Waals surface area contributed by atoms with Gasteiger partial charge in [0.25, 0.3) is 5.91 Å². The van der Waals surface area contributed by atoms with Gasteiger partial charge in [0.05, 0.1) is 12.5 Å². The van der Waals surface area contributed by atoms with E-state index in [9.17, 15) is 18.0 Å². The highest BCUT2D eigenvalue weighted by Gasteiger charge is 2.53. The normalized spacial score (nSPS) is 27.9. The quantitative estimate of drug-likeness (QED) is 0.799. The largest absolute Gasteiger partial charge is 0.459 e. The van der Waals surface area contributed by atoms with Gasteiger partial charge in [-0.05, 0) is 24.5 Å². The van der Waals surface area contributed by atoms with E-state index in [1.807, 2.05) is 0 Å². The highest BCUT2D eigenvalue weighted by Crippen LogP contribution is 2.38. The van der Waals surface area contributed by atoms with Crippen LogP contribution in [-0.2, 0) is 14.8 Å². The van der Waals surface area contributed by atoms with Gasteiger partial charge in [-0.1, -0.05) is 0 Å². The van der Waals surface area contributed by atoms with E-state index in [1.165, 1.54) is 17.6 Å². The summed E-state index contributed by atoms with van der Waals surface area (Å²) in [4.78, 5) is 25.9. The first-order chi connectivity index (χ1) is 10.8. The number of furan rings is 1. The molecule has 2 saturated heterocycles. The lowest BCUT2D eigenvalue weighted by Crippen LogP contribution is -2.49. The molecule has 9 heteroatoms. The standard InChI is InChI=1S/C14H19N3O5S/c1-15-13(18)10-6-9-7-16(14(19)12-4-3-5-22-12)8-11(9)17(10)23(2,20)21/h3-5,9-11H,6-8H2,1-2H3,(H,15,18)/t9-,10-,11+/m1/s1. The minimum absolute atomic E-state index is 0.0501. The average molecular weight is 341 g/mol. The first-order valence-corrected chi connectivity index (χ1v) is 9.20. The maximum absolute atomic E-state index is 12.4. The van der Waals surface area contributed by atoms with Crippen molar-refractivity contribution in [1.82, 2.24) is 14.5 Å². The van der Waals surface area contributed by atoms with Gasteiger partial charge in [-0.2, -0.15) is 4.31 Å². The molecule has 1 N–H and O–H groups in total. The third-order valence-electron chi connectivity index (χ3n) is 4.52. The average Bonchev–Trinajstić information content (AvgIpc) is 3.18. The van der Waals surface area contributed by atoms with Crippen molar-refractivity contribution in [2.24, 2.45) is 5.92 Å². The molecular formula is C14H19N3O5S. The zero-order valence-electron chi connectivity index (χ0n) is 12.9. The van der Waals surface area contributed by atoms with Gasteiger partial charge < -0.3 is 14.6 Å². The van der Waals surface area contributed by atoms with Crippen LogP contribution in [0.15, 0.2) is 22.8 Å². The molecule has 0 aromatic carbocycles. The summed E-state index contributed by atoms with van der Waals surface area (Å²) in [7, 11) is -2.06. The van der Waals surface area contributed by atoms with Crippen LogP contribution in [0.25, 0.3) is 0 Å². The van der Waals surface area contributed by atoms with Crippen LogP contribution in [-0.4, -0.2) is 67.9 Å². The van der Waals surface area contributed by atoms with E-state index in [4.69, 9.17) is 4.42 Å². The van der Waals surface area contributed by atoms with Gasteiger partial charge in [-0.25, -0.2) is 8.42 Å². The lowest BCUT2D eigenvalue weighted by atomic mass is 10.0. The number of fused-ring (bicyclic) bond motifs is 1. The second-order valence-corrected chi connectivity index (χ2v) is 7.86. The Labute approximate surface area is 134 Å². The number of likely N-dealkylation sites (tertiary alicyclic amines) is 1. The molecule has 0 aliphatic carbocycles. The Bertz CT molecular complexity index is 715. The third kappa shape index (κ3) is 2.74. The maximum Gasteiger partial charge on any atom is 0.289 e. The maximum atomic E-state index is 12.4. The molecular weight excluding hydrogens is 322 g/mol. The predicted molar refractivity (Wildman–Crippen MR) is 81.0 cm³/mol. The molecule has 3 atom stereocenters. The zero-order chi connectivity index (χ0) is 16.8.